The van der Waals surface area contributed by atoms with Crippen LogP contribution in [0.25, 0.3) is 0 Å². The lowest BCUT2D eigenvalue weighted by Crippen LogP contribution is -2.06. The molecule has 1 heterocycles. The van der Waals surface area contributed by atoms with E-state index in [0.717, 1.165) is 15.9 Å². The topological polar surface area (TPSA) is 21.3 Å². The number of ether oxygens (including phenoxy) is 1. The highest BCUT2D eigenvalue weighted by Crippen LogP contribution is 2.34. The second-order valence-corrected chi connectivity index (χ2v) is 6.05. The molecule has 18 heavy (non-hydrogen) atoms. The van der Waals surface area contributed by atoms with Gasteiger partial charge in [-0.2, -0.15) is 0 Å². The third-order valence-electron chi connectivity index (χ3n) is 2.58. The SMILES string of the molecule is COc1ccc(Cl)c(NC(C)c2sccc2Br)c1. The Bertz CT molecular complexity index is 544. The normalized spacial score (nSPS) is 12.2. The number of benzene rings is 1. The molecule has 0 fully saturated rings. The molecule has 0 bridgehead atoms. The number of methoxy groups -OCH3 is 1. The number of hydrogen-bond donors (Lipinski definition) is 1. The summed E-state index contributed by atoms with van der Waals surface area (Å²) in [6.07, 6.45) is 0. The largest absolute Gasteiger partial charge is 0.497 e. The molecule has 0 spiro atoms. The average Bonchev–Trinajstić information content (AvgIpc) is 2.78. The molecular formula is C13H13BrClNOS. The van der Waals surface area contributed by atoms with Crippen molar-refractivity contribution in [2.45, 2.75) is 13.0 Å². The first-order chi connectivity index (χ1) is 8.61. The zero-order chi connectivity index (χ0) is 13.1. The fourth-order valence-corrected chi connectivity index (χ4v) is 3.55. The van der Waals surface area contributed by atoms with Crippen molar-refractivity contribution in [3.63, 3.8) is 0 Å². The Labute approximate surface area is 124 Å². The van der Waals surface area contributed by atoms with Crippen LogP contribution in [0, 0.1) is 0 Å². The fraction of sp³-hybridized carbons (Fsp3) is 0.231. The van der Waals surface area contributed by atoms with E-state index < -0.39 is 0 Å². The Morgan fingerprint density at radius 3 is 2.78 bits per heavy atom. The summed E-state index contributed by atoms with van der Waals surface area (Å²) in [4.78, 5) is 1.24. The van der Waals surface area contributed by atoms with E-state index in [1.54, 1.807) is 18.4 Å². The molecule has 0 aliphatic carbocycles. The van der Waals surface area contributed by atoms with E-state index >= 15 is 0 Å². The van der Waals surface area contributed by atoms with Gasteiger partial charge in [0.2, 0.25) is 0 Å². The van der Waals surface area contributed by atoms with Crippen LogP contribution in [-0.4, -0.2) is 7.11 Å². The van der Waals surface area contributed by atoms with Gasteiger partial charge >= 0.3 is 0 Å². The van der Waals surface area contributed by atoms with Gasteiger partial charge in [-0.05, 0) is 46.4 Å². The summed E-state index contributed by atoms with van der Waals surface area (Å²) in [5, 5.41) is 6.15. The molecule has 0 aliphatic heterocycles. The summed E-state index contributed by atoms with van der Waals surface area (Å²) in [6.45, 7) is 2.10. The average molecular weight is 347 g/mol. The molecule has 1 aromatic carbocycles. The van der Waals surface area contributed by atoms with Crippen LogP contribution in [0.1, 0.15) is 17.8 Å². The predicted octanol–water partition coefficient (Wildman–Crippen LogP) is 5.35. The number of thiophene rings is 1. The van der Waals surface area contributed by atoms with Crippen LogP contribution in [0.15, 0.2) is 34.1 Å². The molecule has 0 aliphatic rings. The van der Waals surface area contributed by atoms with Crippen molar-refractivity contribution in [3.05, 3.63) is 44.0 Å². The Morgan fingerprint density at radius 2 is 2.17 bits per heavy atom. The van der Waals surface area contributed by atoms with Gasteiger partial charge in [0, 0.05) is 15.4 Å². The highest BCUT2D eigenvalue weighted by Gasteiger charge is 2.12. The van der Waals surface area contributed by atoms with Gasteiger partial charge in [0.25, 0.3) is 0 Å². The Kier molecular flexibility index (Phi) is 4.54. The lowest BCUT2D eigenvalue weighted by Gasteiger charge is -2.16. The maximum atomic E-state index is 6.17. The molecule has 5 heteroatoms. The van der Waals surface area contributed by atoms with Gasteiger partial charge in [0.1, 0.15) is 5.75 Å². The van der Waals surface area contributed by atoms with Crippen LogP contribution >= 0.6 is 38.9 Å². The van der Waals surface area contributed by atoms with E-state index in [2.05, 4.69) is 33.6 Å². The summed E-state index contributed by atoms with van der Waals surface area (Å²) < 4.78 is 6.32. The molecular weight excluding hydrogens is 334 g/mol. The predicted molar refractivity (Wildman–Crippen MR) is 82.1 cm³/mol. The first-order valence-electron chi connectivity index (χ1n) is 5.44. The molecule has 0 saturated heterocycles. The second-order valence-electron chi connectivity index (χ2n) is 3.84. The van der Waals surface area contributed by atoms with Gasteiger partial charge in [-0.1, -0.05) is 11.6 Å². The minimum Gasteiger partial charge on any atom is -0.497 e. The summed E-state index contributed by atoms with van der Waals surface area (Å²) in [6, 6.07) is 7.81. The highest BCUT2D eigenvalue weighted by atomic mass is 79.9. The minimum absolute atomic E-state index is 0.184. The van der Waals surface area contributed by atoms with Crippen molar-refractivity contribution in [1.29, 1.82) is 0 Å². The quantitative estimate of drug-likeness (QED) is 0.806. The van der Waals surface area contributed by atoms with Crippen molar-refractivity contribution in [2.75, 3.05) is 12.4 Å². The molecule has 2 rings (SSSR count). The van der Waals surface area contributed by atoms with E-state index in [0.29, 0.717) is 5.02 Å². The van der Waals surface area contributed by atoms with Crippen LogP contribution in [0.4, 0.5) is 5.69 Å². The molecule has 2 nitrogen and oxygen atoms in total. The molecule has 1 atom stereocenters. The van der Waals surface area contributed by atoms with Crippen molar-refractivity contribution in [2.24, 2.45) is 0 Å². The zero-order valence-electron chi connectivity index (χ0n) is 10.0. The molecule has 1 unspecified atom stereocenters. The van der Waals surface area contributed by atoms with Crippen LogP contribution < -0.4 is 10.1 Å². The van der Waals surface area contributed by atoms with E-state index in [9.17, 15) is 0 Å². The number of halogens is 2. The van der Waals surface area contributed by atoms with Crippen molar-refractivity contribution >= 4 is 44.6 Å². The maximum Gasteiger partial charge on any atom is 0.121 e. The zero-order valence-corrected chi connectivity index (χ0v) is 13.2. The van der Waals surface area contributed by atoms with Crippen LogP contribution in [0.5, 0.6) is 5.75 Å². The smallest absolute Gasteiger partial charge is 0.121 e. The van der Waals surface area contributed by atoms with Gasteiger partial charge in [-0.3, -0.25) is 0 Å². The minimum atomic E-state index is 0.184. The van der Waals surface area contributed by atoms with E-state index in [1.807, 2.05) is 24.3 Å². The monoisotopic (exact) mass is 345 g/mol. The first kappa shape index (κ1) is 13.7. The molecule has 0 radical (unpaired) electrons. The van der Waals surface area contributed by atoms with Crippen LogP contribution in [0.3, 0.4) is 0 Å². The molecule has 1 aromatic heterocycles. The van der Waals surface area contributed by atoms with Crippen molar-refractivity contribution in [3.8, 4) is 5.75 Å². The van der Waals surface area contributed by atoms with Gasteiger partial charge in [0.05, 0.1) is 23.9 Å². The number of rotatable bonds is 4. The van der Waals surface area contributed by atoms with Gasteiger partial charge in [-0.15, -0.1) is 11.3 Å². The first-order valence-corrected chi connectivity index (χ1v) is 7.50. The van der Waals surface area contributed by atoms with E-state index in [4.69, 9.17) is 16.3 Å². The van der Waals surface area contributed by atoms with Crippen molar-refractivity contribution in [1.82, 2.24) is 0 Å². The van der Waals surface area contributed by atoms with Crippen LogP contribution in [0.2, 0.25) is 5.02 Å². The fourth-order valence-electron chi connectivity index (χ4n) is 1.66. The standard InChI is InChI=1S/C13H13BrClNOS/c1-8(13-10(14)5-6-18-13)16-12-7-9(17-2)3-4-11(12)15/h3-8,16H,1-2H3. The maximum absolute atomic E-state index is 6.17. The molecule has 0 saturated carbocycles. The lowest BCUT2D eigenvalue weighted by molar-refractivity contribution is 0.415. The molecule has 2 aromatic rings. The summed E-state index contributed by atoms with van der Waals surface area (Å²) >= 11 is 11.4. The third-order valence-corrected chi connectivity index (χ3v) is 4.97. The highest BCUT2D eigenvalue weighted by molar-refractivity contribution is 9.10. The Hall–Kier alpha value is -0.710. The second kappa shape index (κ2) is 5.95. The molecule has 96 valence electrons. The lowest BCUT2D eigenvalue weighted by atomic mass is 10.2. The summed E-state index contributed by atoms with van der Waals surface area (Å²) in [5.74, 6) is 0.791. The van der Waals surface area contributed by atoms with E-state index in [1.165, 1.54) is 4.88 Å². The number of hydrogen-bond acceptors (Lipinski definition) is 3. The number of anilines is 1. The Balaban J connectivity index is 2.21. The van der Waals surface area contributed by atoms with E-state index in [-0.39, 0.29) is 6.04 Å². The van der Waals surface area contributed by atoms with Crippen LogP contribution in [-0.2, 0) is 0 Å². The van der Waals surface area contributed by atoms with Gasteiger partial charge < -0.3 is 10.1 Å². The van der Waals surface area contributed by atoms with Gasteiger partial charge in [0.15, 0.2) is 0 Å². The molecule has 1 N–H and O–H groups in total. The molecule has 0 amide bonds. The Morgan fingerprint density at radius 1 is 1.39 bits per heavy atom. The summed E-state index contributed by atoms with van der Waals surface area (Å²) in [7, 11) is 1.65. The summed E-state index contributed by atoms with van der Waals surface area (Å²) in [5.41, 5.74) is 0.879. The third kappa shape index (κ3) is 2.99. The van der Waals surface area contributed by atoms with Crippen molar-refractivity contribution < 1.29 is 4.74 Å². The number of nitrogens with one attached hydrogen (secondary N) is 1. The van der Waals surface area contributed by atoms with Gasteiger partial charge in [-0.25, -0.2) is 0 Å².